The molecule has 2 aromatic heterocycles. The molecule has 140 valence electrons. The van der Waals surface area contributed by atoms with Crippen molar-refractivity contribution in [3.63, 3.8) is 0 Å². The molecule has 0 atom stereocenters. The Kier molecular flexibility index (Phi) is 5.55. The Labute approximate surface area is 172 Å². The van der Waals surface area contributed by atoms with E-state index in [2.05, 4.69) is 22.4 Å². The lowest BCUT2D eigenvalue weighted by atomic mass is 10.1. The van der Waals surface area contributed by atoms with Gasteiger partial charge in [0.1, 0.15) is 0 Å². The fourth-order valence-corrected chi connectivity index (χ4v) is 4.37. The Morgan fingerprint density at radius 1 is 1.18 bits per heavy atom. The molecule has 1 N–H and O–H groups in total. The predicted octanol–water partition coefficient (Wildman–Crippen LogP) is 5.13. The van der Waals surface area contributed by atoms with Crippen LogP contribution >= 0.6 is 22.9 Å². The van der Waals surface area contributed by atoms with Crippen LogP contribution in [-0.2, 0) is 17.9 Å². The van der Waals surface area contributed by atoms with Gasteiger partial charge in [0.15, 0.2) is 0 Å². The normalized spacial score (nSPS) is 11.3. The number of nitrogens with zero attached hydrogens (tertiary/aromatic N) is 2. The molecule has 4 nitrogen and oxygen atoms in total. The average molecular weight is 408 g/mol. The molecule has 0 fully saturated rings. The molecule has 28 heavy (non-hydrogen) atoms. The van der Waals surface area contributed by atoms with Crippen molar-refractivity contribution in [3.8, 4) is 0 Å². The molecule has 4 aromatic rings. The SMILES string of the molecule is O=C(/C=C/c1sc2ccccc2c1Cl)NCc1cccc(Cn2ccnc2)c1. The zero-order valence-electron chi connectivity index (χ0n) is 15.0. The van der Waals surface area contributed by atoms with Crippen molar-refractivity contribution in [2.75, 3.05) is 0 Å². The van der Waals surface area contributed by atoms with E-state index in [0.29, 0.717) is 11.6 Å². The number of rotatable bonds is 6. The molecule has 0 spiro atoms. The molecule has 0 aliphatic carbocycles. The van der Waals surface area contributed by atoms with Crippen LogP contribution in [0.4, 0.5) is 0 Å². The third kappa shape index (κ3) is 4.32. The second kappa shape index (κ2) is 8.42. The summed E-state index contributed by atoms with van der Waals surface area (Å²) in [5, 5.41) is 4.63. The van der Waals surface area contributed by atoms with Gasteiger partial charge < -0.3 is 9.88 Å². The number of nitrogens with one attached hydrogen (secondary N) is 1. The summed E-state index contributed by atoms with van der Waals surface area (Å²) in [6.07, 6.45) is 8.79. The van der Waals surface area contributed by atoms with Crippen LogP contribution in [0.2, 0.25) is 5.02 Å². The van der Waals surface area contributed by atoms with Crippen LogP contribution in [0, 0.1) is 0 Å². The number of fused-ring (bicyclic) bond motifs is 1. The fraction of sp³-hybridized carbons (Fsp3) is 0.0909. The highest BCUT2D eigenvalue weighted by molar-refractivity contribution is 7.20. The minimum Gasteiger partial charge on any atom is -0.348 e. The van der Waals surface area contributed by atoms with E-state index in [0.717, 1.165) is 32.6 Å². The van der Waals surface area contributed by atoms with Crippen molar-refractivity contribution in [2.45, 2.75) is 13.1 Å². The van der Waals surface area contributed by atoms with Crippen LogP contribution in [-0.4, -0.2) is 15.5 Å². The van der Waals surface area contributed by atoms with Gasteiger partial charge in [-0.2, -0.15) is 0 Å². The summed E-state index contributed by atoms with van der Waals surface area (Å²) in [6.45, 7) is 1.23. The summed E-state index contributed by atoms with van der Waals surface area (Å²) < 4.78 is 3.12. The van der Waals surface area contributed by atoms with Gasteiger partial charge in [0, 0.05) is 46.5 Å². The first-order valence-electron chi connectivity index (χ1n) is 8.85. The van der Waals surface area contributed by atoms with Gasteiger partial charge in [0.2, 0.25) is 5.91 Å². The highest BCUT2D eigenvalue weighted by atomic mass is 35.5. The summed E-state index contributed by atoms with van der Waals surface area (Å²) in [4.78, 5) is 17.2. The summed E-state index contributed by atoms with van der Waals surface area (Å²) in [5.74, 6) is -0.145. The number of carbonyl (C=O) groups excluding carboxylic acids is 1. The fourth-order valence-electron chi connectivity index (χ4n) is 2.97. The van der Waals surface area contributed by atoms with Gasteiger partial charge >= 0.3 is 0 Å². The molecule has 0 bridgehead atoms. The van der Waals surface area contributed by atoms with E-state index < -0.39 is 0 Å². The Bertz CT molecular complexity index is 1130. The Morgan fingerprint density at radius 2 is 2.04 bits per heavy atom. The van der Waals surface area contributed by atoms with Gasteiger partial charge in [-0.3, -0.25) is 4.79 Å². The standard InChI is InChI=1S/C22H18ClN3OS/c23-22-18-6-1-2-7-19(18)28-20(22)8-9-21(27)25-13-16-4-3-5-17(12-16)14-26-11-10-24-15-26/h1-12,15H,13-14H2,(H,25,27)/b9-8+. The van der Waals surface area contributed by atoms with E-state index in [1.165, 1.54) is 6.08 Å². The third-order valence-electron chi connectivity index (χ3n) is 4.33. The maximum atomic E-state index is 12.2. The van der Waals surface area contributed by atoms with Crippen molar-refractivity contribution in [1.29, 1.82) is 0 Å². The zero-order chi connectivity index (χ0) is 19.3. The number of thiophene rings is 1. The number of aromatic nitrogens is 2. The summed E-state index contributed by atoms with van der Waals surface area (Å²) in [5.41, 5.74) is 2.22. The van der Waals surface area contributed by atoms with E-state index in [1.54, 1.807) is 29.9 Å². The van der Waals surface area contributed by atoms with E-state index >= 15 is 0 Å². The molecule has 1 amide bonds. The number of hydrogen-bond acceptors (Lipinski definition) is 3. The van der Waals surface area contributed by atoms with Crippen LogP contribution in [0.1, 0.15) is 16.0 Å². The van der Waals surface area contributed by atoms with Gasteiger partial charge in [-0.05, 0) is 23.3 Å². The van der Waals surface area contributed by atoms with Crippen LogP contribution in [0.3, 0.4) is 0 Å². The molecule has 2 aromatic carbocycles. The Morgan fingerprint density at radius 3 is 2.86 bits per heavy atom. The molecule has 0 unspecified atom stereocenters. The smallest absolute Gasteiger partial charge is 0.244 e. The molecular formula is C22H18ClN3OS. The number of hydrogen-bond donors (Lipinski definition) is 1. The molecular weight excluding hydrogens is 390 g/mol. The maximum absolute atomic E-state index is 12.2. The van der Waals surface area contributed by atoms with Gasteiger partial charge in [-0.15, -0.1) is 11.3 Å². The molecule has 0 aliphatic heterocycles. The van der Waals surface area contributed by atoms with E-state index in [4.69, 9.17) is 11.6 Å². The van der Waals surface area contributed by atoms with E-state index in [9.17, 15) is 4.79 Å². The lowest BCUT2D eigenvalue weighted by Crippen LogP contribution is -2.20. The van der Waals surface area contributed by atoms with Crippen LogP contribution in [0.25, 0.3) is 16.2 Å². The summed E-state index contributed by atoms with van der Waals surface area (Å²) >= 11 is 7.99. The second-order valence-corrected chi connectivity index (χ2v) is 7.84. The van der Waals surface area contributed by atoms with Crippen LogP contribution in [0.15, 0.2) is 73.3 Å². The molecule has 2 heterocycles. The quantitative estimate of drug-likeness (QED) is 0.450. The van der Waals surface area contributed by atoms with Gasteiger partial charge in [0.05, 0.1) is 11.3 Å². The minimum absolute atomic E-state index is 0.145. The molecule has 0 aliphatic rings. The van der Waals surface area contributed by atoms with Crippen molar-refractivity contribution in [3.05, 3.63) is 94.4 Å². The Balaban J connectivity index is 1.37. The summed E-state index contributed by atoms with van der Waals surface area (Å²) in [7, 11) is 0. The lowest BCUT2D eigenvalue weighted by molar-refractivity contribution is -0.116. The molecule has 6 heteroatoms. The number of benzene rings is 2. The van der Waals surface area contributed by atoms with Crippen molar-refractivity contribution in [2.24, 2.45) is 0 Å². The second-order valence-electron chi connectivity index (χ2n) is 6.38. The predicted molar refractivity (Wildman–Crippen MR) is 115 cm³/mol. The largest absolute Gasteiger partial charge is 0.348 e. The Hall–Kier alpha value is -2.89. The van der Waals surface area contributed by atoms with Crippen molar-refractivity contribution in [1.82, 2.24) is 14.9 Å². The zero-order valence-corrected chi connectivity index (χ0v) is 16.6. The topological polar surface area (TPSA) is 46.9 Å². The average Bonchev–Trinajstić information content (AvgIpc) is 3.33. The number of carbonyl (C=O) groups is 1. The first-order chi connectivity index (χ1) is 13.7. The van der Waals surface area contributed by atoms with Crippen LogP contribution in [0.5, 0.6) is 0 Å². The first-order valence-corrected chi connectivity index (χ1v) is 10.0. The number of imidazole rings is 1. The van der Waals surface area contributed by atoms with E-state index in [-0.39, 0.29) is 5.91 Å². The van der Waals surface area contributed by atoms with Crippen molar-refractivity contribution >= 4 is 45.0 Å². The first kappa shape index (κ1) is 18.5. The molecule has 0 saturated carbocycles. The van der Waals surface area contributed by atoms with Gasteiger partial charge in [0.25, 0.3) is 0 Å². The maximum Gasteiger partial charge on any atom is 0.244 e. The minimum atomic E-state index is -0.145. The monoisotopic (exact) mass is 407 g/mol. The van der Waals surface area contributed by atoms with Gasteiger partial charge in [-0.25, -0.2) is 4.98 Å². The third-order valence-corrected chi connectivity index (χ3v) is 5.98. The number of halogens is 1. The molecule has 4 rings (SSSR count). The van der Waals surface area contributed by atoms with Gasteiger partial charge in [-0.1, -0.05) is 54.1 Å². The summed E-state index contributed by atoms with van der Waals surface area (Å²) in [6, 6.07) is 16.1. The number of amides is 1. The molecule has 0 saturated heterocycles. The highest BCUT2D eigenvalue weighted by Crippen LogP contribution is 2.35. The lowest BCUT2D eigenvalue weighted by Gasteiger charge is -2.07. The highest BCUT2D eigenvalue weighted by Gasteiger charge is 2.07. The van der Waals surface area contributed by atoms with Crippen molar-refractivity contribution < 1.29 is 4.79 Å². The van der Waals surface area contributed by atoms with E-state index in [1.807, 2.05) is 47.2 Å². The van der Waals surface area contributed by atoms with Crippen LogP contribution < -0.4 is 5.32 Å². The molecule has 0 radical (unpaired) electrons.